The fourth-order valence-electron chi connectivity index (χ4n) is 3.98. The van der Waals surface area contributed by atoms with Crippen molar-refractivity contribution in [3.63, 3.8) is 0 Å². The van der Waals surface area contributed by atoms with E-state index in [1.54, 1.807) is 6.07 Å². The number of aryl methyl sites for hydroxylation is 2. The summed E-state index contributed by atoms with van der Waals surface area (Å²) in [4.78, 5) is 21.7. The van der Waals surface area contributed by atoms with E-state index in [1.165, 1.54) is 11.8 Å². The van der Waals surface area contributed by atoms with E-state index in [0.29, 0.717) is 42.6 Å². The molecule has 0 atom stereocenters. The van der Waals surface area contributed by atoms with Crippen LogP contribution in [0.5, 0.6) is 0 Å². The van der Waals surface area contributed by atoms with Gasteiger partial charge < -0.3 is 10.1 Å². The van der Waals surface area contributed by atoms with Crippen molar-refractivity contribution in [3.8, 4) is 0 Å². The molecule has 0 radical (unpaired) electrons. The molecule has 0 bridgehead atoms. The SMILES string of the molecule is CSc1nc(C)c(CCC(=O)NCC2(c3ccc(Cl)cc3Cl)CCOCC2)c(C)n1. The summed E-state index contributed by atoms with van der Waals surface area (Å²) in [5.74, 6) is 0.0127. The van der Waals surface area contributed by atoms with Gasteiger partial charge in [-0.3, -0.25) is 4.79 Å². The number of hydrogen-bond donors (Lipinski definition) is 1. The van der Waals surface area contributed by atoms with Crippen molar-refractivity contribution in [3.05, 3.63) is 50.8 Å². The van der Waals surface area contributed by atoms with E-state index >= 15 is 0 Å². The molecule has 0 saturated carbocycles. The van der Waals surface area contributed by atoms with Gasteiger partial charge in [0, 0.05) is 53.0 Å². The number of benzene rings is 1. The highest BCUT2D eigenvalue weighted by Crippen LogP contribution is 2.39. The fraction of sp³-hybridized carbons (Fsp3) is 0.500. The molecule has 1 saturated heterocycles. The summed E-state index contributed by atoms with van der Waals surface area (Å²) in [7, 11) is 0. The topological polar surface area (TPSA) is 64.1 Å². The fourth-order valence-corrected chi connectivity index (χ4v) is 5.04. The molecule has 0 spiro atoms. The summed E-state index contributed by atoms with van der Waals surface area (Å²) < 4.78 is 5.57. The second kappa shape index (κ2) is 10.3. The Bertz CT molecular complexity index is 894. The Morgan fingerprint density at radius 3 is 2.47 bits per heavy atom. The number of thioether (sulfide) groups is 1. The molecule has 5 nitrogen and oxygen atoms in total. The Morgan fingerprint density at radius 2 is 1.87 bits per heavy atom. The number of nitrogens with zero attached hydrogens (tertiary/aromatic N) is 2. The number of carbonyl (C=O) groups is 1. The molecule has 1 aliphatic rings. The monoisotopic (exact) mass is 467 g/mol. The molecule has 0 aliphatic carbocycles. The number of halogens is 2. The van der Waals surface area contributed by atoms with Gasteiger partial charge in [0.1, 0.15) is 0 Å². The molecule has 3 rings (SSSR count). The van der Waals surface area contributed by atoms with Gasteiger partial charge in [0.05, 0.1) is 0 Å². The maximum absolute atomic E-state index is 12.7. The van der Waals surface area contributed by atoms with Gasteiger partial charge in [-0.05, 0) is 62.6 Å². The van der Waals surface area contributed by atoms with E-state index in [0.717, 1.165) is 40.5 Å². The first-order chi connectivity index (χ1) is 14.3. The van der Waals surface area contributed by atoms with Crippen molar-refractivity contribution in [2.45, 2.75) is 50.1 Å². The van der Waals surface area contributed by atoms with Crippen molar-refractivity contribution >= 4 is 40.9 Å². The molecule has 1 aromatic carbocycles. The Hall–Kier alpha value is -1.34. The van der Waals surface area contributed by atoms with E-state index in [-0.39, 0.29) is 11.3 Å². The molecule has 2 heterocycles. The molecule has 1 amide bonds. The lowest BCUT2D eigenvalue weighted by atomic mass is 9.74. The van der Waals surface area contributed by atoms with Crippen LogP contribution in [0.4, 0.5) is 0 Å². The van der Waals surface area contributed by atoms with Crippen LogP contribution in [0.3, 0.4) is 0 Å². The average molecular weight is 468 g/mol. The first-order valence-corrected chi connectivity index (χ1v) is 12.0. The smallest absolute Gasteiger partial charge is 0.220 e. The highest BCUT2D eigenvalue weighted by atomic mass is 35.5. The van der Waals surface area contributed by atoms with Crippen LogP contribution < -0.4 is 5.32 Å². The van der Waals surface area contributed by atoms with Gasteiger partial charge in [-0.1, -0.05) is 41.0 Å². The average Bonchev–Trinajstić information content (AvgIpc) is 2.72. The van der Waals surface area contributed by atoms with Gasteiger partial charge in [0.25, 0.3) is 0 Å². The summed E-state index contributed by atoms with van der Waals surface area (Å²) in [5.41, 5.74) is 3.70. The highest BCUT2D eigenvalue weighted by Gasteiger charge is 2.36. The molecule has 0 unspecified atom stereocenters. The molecule has 2 aromatic rings. The number of amides is 1. The van der Waals surface area contributed by atoms with Crippen molar-refractivity contribution < 1.29 is 9.53 Å². The van der Waals surface area contributed by atoms with E-state index in [1.807, 2.05) is 32.2 Å². The van der Waals surface area contributed by atoms with Crippen LogP contribution in [-0.4, -0.2) is 41.9 Å². The van der Waals surface area contributed by atoms with E-state index in [9.17, 15) is 4.79 Å². The molecule has 162 valence electrons. The molecule has 30 heavy (non-hydrogen) atoms. The van der Waals surface area contributed by atoms with Crippen molar-refractivity contribution in [2.24, 2.45) is 0 Å². The Balaban J connectivity index is 1.67. The lowest BCUT2D eigenvalue weighted by Crippen LogP contribution is -2.44. The minimum Gasteiger partial charge on any atom is -0.381 e. The van der Waals surface area contributed by atoms with Gasteiger partial charge in [-0.25, -0.2) is 9.97 Å². The molecular weight excluding hydrogens is 441 g/mol. The molecule has 1 N–H and O–H groups in total. The van der Waals surface area contributed by atoms with E-state index < -0.39 is 0 Å². The third-order valence-electron chi connectivity index (χ3n) is 5.76. The van der Waals surface area contributed by atoms with Crippen molar-refractivity contribution in [1.82, 2.24) is 15.3 Å². The predicted octanol–water partition coefficient (Wildman–Crippen LogP) is 4.92. The number of hydrogen-bond acceptors (Lipinski definition) is 5. The Labute approximate surface area is 192 Å². The van der Waals surface area contributed by atoms with Crippen LogP contribution in [0.15, 0.2) is 23.4 Å². The van der Waals surface area contributed by atoms with Gasteiger partial charge in [-0.2, -0.15) is 0 Å². The van der Waals surface area contributed by atoms with Crippen LogP contribution in [0.25, 0.3) is 0 Å². The van der Waals surface area contributed by atoms with Gasteiger partial charge >= 0.3 is 0 Å². The molecule has 8 heteroatoms. The molecule has 1 aromatic heterocycles. The second-order valence-corrected chi connectivity index (χ2v) is 9.27. The number of carbonyl (C=O) groups excluding carboxylic acids is 1. The molecule has 1 fully saturated rings. The summed E-state index contributed by atoms with van der Waals surface area (Å²) in [5, 5.41) is 5.14. The van der Waals surface area contributed by atoms with Crippen molar-refractivity contribution in [2.75, 3.05) is 26.0 Å². The quantitative estimate of drug-likeness (QED) is 0.462. The standard InChI is InChI=1S/C22H27Cl2N3O2S/c1-14-17(15(2)27-21(26-14)30-3)5-7-20(28)25-13-22(8-10-29-11-9-22)18-6-4-16(23)12-19(18)24/h4,6,12H,5,7-11,13H2,1-3H3,(H,25,28). The Morgan fingerprint density at radius 1 is 1.20 bits per heavy atom. The zero-order chi connectivity index (χ0) is 21.7. The minimum absolute atomic E-state index is 0.0127. The predicted molar refractivity (Wildman–Crippen MR) is 123 cm³/mol. The van der Waals surface area contributed by atoms with Gasteiger partial charge in [-0.15, -0.1) is 0 Å². The largest absolute Gasteiger partial charge is 0.381 e. The summed E-state index contributed by atoms with van der Waals surface area (Å²) in [6.45, 7) is 5.76. The summed E-state index contributed by atoms with van der Waals surface area (Å²) in [6.07, 6.45) is 4.58. The van der Waals surface area contributed by atoms with Crippen LogP contribution >= 0.6 is 35.0 Å². The van der Waals surface area contributed by atoms with Gasteiger partial charge in [0.15, 0.2) is 5.16 Å². The summed E-state index contributed by atoms with van der Waals surface area (Å²) in [6, 6.07) is 5.59. The van der Waals surface area contributed by atoms with Crippen LogP contribution in [0, 0.1) is 13.8 Å². The van der Waals surface area contributed by atoms with Crippen LogP contribution in [-0.2, 0) is 21.4 Å². The van der Waals surface area contributed by atoms with Crippen molar-refractivity contribution in [1.29, 1.82) is 0 Å². The number of ether oxygens (including phenoxy) is 1. The number of nitrogens with one attached hydrogen (secondary N) is 1. The third-order valence-corrected chi connectivity index (χ3v) is 6.86. The number of rotatable bonds is 7. The number of aromatic nitrogens is 2. The van der Waals surface area contributed by atoms with Crippen LogP contribution in [0.2, 0.25) is 10.0 Å². The molecular formula is C22H27Cl2N3O2S. The second-order valence-electron chi connectivity index (χ2n) is 7.65. The maximum atomic E-state index is 12.7. The minimum atomic E-state index is -0.246. The first-order valence-electron chi connectivity index (χ1n) is 10.0. The Kier molecular flexibility index (Phi) is 8.02. The van der Waals surface area contributed by atoms with E-state index in [2.05, 4.69) is 15.3 Å². The maximum Gasteiger partial charge on any atom is 0.220 e. The first kappa shape index (κ1) is 23.3. The lowest BCUT2D eigenvalue weighted by Gasteiger charge is -2.38. The third kappa shape index (κ3) is 5.47. The van der Waals surface area contributed by atoms with Gasteiger partial charge in [0.2, 0.25) is 5.91 Å². The molecule has 1 aliphatic heterocycles. The highest BCUT2D eigenvalue weighted by molar-refractivity contribution is 7.98. The lowest BCUT2D eigenvalue weighted by molar-refractivity contribution is -0.121. The van der Waals surface area contributed by atoms with Crippen LogP contribution in [0.1, 0.15) is 41.8 Å². The zero-order valence-electron chi connectivity index (χ0n) is 17.6. The van der Waals surface area contributed by atoms with E-state index in [4.69, 9.17) is 27.9 Å². The zero-order valence-corrected chi connectivity index (χ0v) is 19.9. The normalized spacial score (nSPS) is 15.8. The summed E-state index contributed by atoms with van der Waals surface area (Å²) >= 11 is 14.1.